The zero-order chi connectivity index (χ0) is 23.6. The van der Waals surface area contributed by atoms with E-state index in [1.807, 2.05) is 0 Å². The van der Waals surface area contributed by atoms with Gasteiger partial charge in [-0.25, -0.2) is 4.98 Å². The zero-order valence-corrected chi connectivity index (χ0v) is 17.9. The standard InChI is InChI=1S/C23H24F3N5O2/c1-14(32)27-16-7-5-15(6-8-16)22(33)29-18-11-9-17(10-12-18)28-20-3-2-4-21-30-19(13-31(20)21)23(24,25)26/h2-8,13,17-18,28H,9-12H2,1H3,(H,27,32)(H,29,33). The first-order valence-electron chi connectivity index (χ1n) is 10.7. The van der Waals surface area contributed by atoms with Crippen molar-refractivity contribution < 1.29 is 22.8 Å². The van der Waals surface area contributed by atoms with E-state index < -0.39 is 11.9 Å². The molecule has 3 N–H and O–H groups in total. The minimum absolute atomic E-state index is 0.0199. The highest BCUT2D eigenvalue weighted by atomic mass is 19.4. The van der Waals surface area contributed by atoms with Gasteiger partial charge in [0, 0.05) is 36.5 Å². The fourth-order valence-corrected chi connectivity index (χ4v) is 4.03. The van der Waals surface area contributed by atoms with E-state index in [1.165, 1.54) is 17.4 Å². The second-order valence-electron chi connectivity index (χ2n) is 8.19. The Bertz CT molecular complexity index is 1150. The predicted octanol–water partition coefficient (Wildman–Crippen LogP) is 4.46. The van der Waals surface area contributed by atoms with E-state index in [9.17, 15) is 22.8 Å². The number of carbonyl (C=O) groups excluding carboxylic acids is 2. The van der Waals surface area contributed by atoms with Crippen LogP contribution in [0, 0.1) is 0 Å². The number of carbonyl (C=O) groups is 2. The number of fused-ring (bicyclic) bond motifs is 1. The number of alkyl halides is 3. The van der Waals surface area contributed by atoms with Gasteiger partial charge in [0.2, 0.25) is 5.91 Å². The van der Waals surface area contributed by atoms with Gasteiger partial charge in [-0.1, -0.05) is 6.07 Å². The van der Waals surface area contributed by atoms with Crippen molar-refractivity contribution in [3.63, 3.8) is 0 Å². The van der Waals surface area contributed by atoms with Gasteiger partial charge in [0.1, 0.15) is 11.5 Å². The minimum atomic E-state index is -4.50. The average Bonchev–Trinajstić information content (AvgIpc) is 3.21. The van der Waals surface area contributed by atoms with Gasteiger partial charge < -0.3 is 16.0 Å². The van der Waals surface area contributed by atoms with Crippen LogP contribution in [0.25, 0.3) is 5.65 Å². The first kappa shape index (κ1) is 22.6. The minimum Gasteiger partial charge on any atom is -0.368 e. The van der Waals surface area contributed by atoms with Crippen molar-refractivity contribution in [3.05, 3.63) is 59.9 Å². The van der Waals surface area contributed by atoms with Gasteiger partial charge >= 0.3 is 6.18 Å². The van der Waals surface area contributed by atoms with Crippen LogP contribution in [0.3, 0.4) is 0 Å². The largest absolute Gasteiger partial charge is 0.434 e. The lowest BCUT2D eigenvalue weighted by molar-refractivity contribution is -0.140. The molecule has 33 heavy (non-hydrogen) atoms. The summed E-state index contributed by atoms with van der Waals surface area (Å²) in [6, 6.07) is 11.7. The molecule has 4 rings (SSSR count). The van der Waals surface area contributed by atoms with Crippen molar-refractivity contribution in [2.24, 2.45) is 0 Å². The molecule has 0 bridgehead atoms. The molecule has 0 saturated heterocycles. The summed E-state index contributed by atoms with van der Waals surface area (Å²) in [4.78, 5) is 27.3. The molecular weight excluding hydrogens is 435 g/mol. The molecule has 1 aliphatic rings. The molecule has 3 aromatic rings. The van der Waals surface area contributed by atoms with Crippen LogP contribution in [0.1, 0.15) is 48.7 Å². The predicted molar refractivity (Wildman–Crippen MR) is 118 cm³/mol. The van der Waals surface area contributed by atoms with Crippen molar-refractivity contribution in [1.29, 1.82) is 0 Å². The van der Waals surface area contributed by atoms with Crippen LogP contribution >= 0.6 is 0 Å². The maximum atomic E-state index is 13.0. The van der Waals surface area contributed by atoms with E-state index >= 15 is 0 Å². The number of imidazole rings is 1. The van der Waals surface area contributed by atoms with Crippen molar-refractivity contribution >= 4 is 29.0 Å². The van der Waals surface area contributed by atoms with Gasteiger partial charge in [0.05, 0.1) is 0 Å². The smallest absolute Gasteiger partial charge is 0.368 e. The summed E-state index contributed by atoms with van der Waals surface area (Å²) < 4.78 is 40.4. The lowest BCUT2D eigenvalue weighted by Crippen LogP contribution is -2.40. The van der Waals surface area contributed by atoms with Gasteiger partial charge in [0.15, 0.2) is 5.69 Å². The third-order valence-electron chi connectivity index (χ3n) is 5.66. The first-order chi connectivity index (χ1) is 15.7. The Morgan fingerprint density at radius 2 is 1.67 bits per heavy atom. The lowest BCUT2D eigenvalue weighted by atomic mass is 9.91. The van der Waals surface area contributed by atoms with Crippen LogP contribution in [0.4, 0.5) is 24.7 Å². The summed E-state index contributed by atoms with van der Waals surface area (Å²) in [6.07, 6.45) is -0.458. The summed E-state index contributed by atoms with van der Waals surface area (Å²) >= 11 is 0. The molecular formula is C23H24F3N5O2. The summed E-state index contributed by atoms with van der Waals surface area (Å²) in [5.41, 5.74) is 0.448. The van der Waals surface area contributed by atoms with Crippen LogP contribution in [-0.4, -0.2) is 33.3 Å². The number of rotatable bonds is 5. The highest BCUT2D eigenvalue weighted by molar-refractivity contribution is 5.95. The molecule has 1 aliphatic carbocycles. The summed E-state index contributed by atoms with van der Waals surface area (Å²) in [6.45, 7) is 1.42. The third kappa shape index (κ3) is 5.44. The number of amides is 2. The van der Waals surface area contributed by atoms with E-state index in [1.54, 1.807) is 36.4 Å². The maximum absolute atomic E-state index is 13.0. The molecule has 1 aromatic carbocycles. The Morgan fingerprint density at radius 3 is 2.30 bits per heavy atom. The number of nitrogens with zero attached hydrogens (tertiary/aromatic N) is 2. The fourth-order valence-electron chi connectivity index (χ4n) is 4.03. The van der Waals surface area contributed by atoms with Gasteiger partial charge in [-0.05, 0) is 62.1 Å². The highest BCUT2D eigenvalue weighted by Crippen LogP contribution is 2.30. The molecule has 0 spiro atoms. The first-order valence-corrected chi connectivity index (χ1v) is 10.7. The Balaban J connectivity index is 1.32. The highest BCUT2D eigenvalue weighted by Gasteiger charge is 2.34. The molecule has 7 nitrogen and oxygen atoms in total. The third-order valence-corrected chi connectivity index (χ3v) is 5.66. The molecule has 0 aliphatic heterocycles. The SMILES string of the molecule is CC(=O)Nc1ccc(C(=O)NC2CCC(Nc3cccc4nc(C(F)(F)F)cn34)CC2)cc1. The molecule has 1 fully saturated rings. The van der Waals surface area contributed by atoms with E-state index in [0.717, 1.165) is 31.9 Å². The second kappa shape index (κ2) is 9.13. The second-order valence-corrected chi connectivity index (χ2v) is 8.19. The normalized spacial score (nSPS) is 18.7. The van der Waals surface area contributed by atoms with Gasteiger partial charge in [-0.15, -0.1) is 0 Å². The molecule has 2 amide bonds. The summed E-state index contributed by atoms with van der Waals surface area (Å²) in [7, 11) is 0. The zero-order valence-electron chi connectivity index (χ0n) is 17.9. The Labute approximate surface area is 188 Å². The topological polar surface area (TPSA) is 87.5 Å². The van der Waals surface area contributed by atoms with Gasteiger partial charge in [0.25, 0.3) is 5.91 Å². The van der Waals surface area contributed by atoms with E-state index in [2.05, 4.69) is 20.9 Å². The molecule has 0 atom stereocenters. The number of hydrogen-bond acceptors (Lipinski definition) is 4. The quantitative estimate of drug-likeness (QED) is 0.526. The van der Waals surface area contributed by atoms with Crippen molar-refractivity contribution in [3.8, 4) is 0 Å². The number of nitrogens with one attached hydrogen (secondary N) is 3. The Hall–Kier alpha value is -3.56. The number of pyridine rings is 1. The number of hydrogen-bond donors (Lipinski definition) is 3. The number of aromatic nitrogens is 2. The molecule has 0 unspecified atom stereocenters. The summed E-state index contributed by atoms with van der Waals surface area (Å²) in [5.74, 6) is 0.202. The Kier molecular flexibility index (Phi) is 6.26. The molecule has 174 valence electrons. The molecule has 1 saturated carbocycles. The maximum Gasteiger partial charge on any atom is 0.434 e. The van der Waals surface area contributed by atoms with E-state index in [0.29, 0.717) is 17.1 Å². The van der Waals surface area contributed by atoms with Crippen molar-refractivity contribution in [2.75, 3.05) is 10.6 Å². The van der Waals surface area contributed by atoms with Crippen molar-refractivity contribution in [1.82, 2.24) is 14.7 Å². The Morgan fingerprint density at radius 1 is 1.00 bits per heavy atom. The van der Waals surface area contributed by atoms with Crippen LogP contribution in [0.2, 0.25) is 0 Å². The van der Waals surface area contributed by atoms with Crippen LogP contribution in [0.15, 0.2) is 48.7 Å². The van der Waals surface area contributed by atoms with E-state index in [4.69, 9.17) is 0 Å². The van der Waals surface area contributed by atoms with Crippen LogP contribution in [-0.2, 0) is 11.0 Å². The van der Waals surface area contributed by atoms with Crippen LogP contribution < -0.4 is 16.0 Å². The van der Waals surface area contributed by atoms with Gasteiger partial charge in [-0.3, -0.25) is 14.0 Å². The monoisotopic (exact) mass is 459 g/mol. The number of anilines is 2. The van der Waals surface area contributed by atoms with Crippen LogP contribution in [0.5, 0.6) is 0 Å². The molecule has 2 aromatic heterocycles. The summed E-state index contributed by atoms with van der Waals surface area (Å²) in [5, 5.41) is 9.02. The molecule has 0 radical (unpaired) electrons. The number of halogens is 3. The van der Waals surface area contributed by atoms with Crippen molar-refractivity contribution in [2.45, 2.75) is 50.9 Å². The van der Waals surface area contributed by atoms with Gasteiger partial charge in [-0.2, -0.15) is 13.2 Å². The molecule has 10 heteroatoms. The fraction of sp³-hybridized carbons (Fsp3) is 0.348. The number of benzene rings is 1. The molecule has 2 heterocycles. The van der Waals surface area contributed by atoms with E-state index in [-0.39, 0.29) is 29.5 Å². The average molecular weight is 459 g/mol. The lowest BCUT2D eigenvalue weighted by Gasteiger charge is -2.30.